The molecule has 4 heterocycles. The van der Waals surface area contributed by atoms with Crippen molar-refractivity contribution in [3.05, 3.63) is 125 Å². The fraction of sp³-hybridized carbons (Fsp3) is 0.318. The van der Waals surface area contributed by atoms with E-state index in [2.05, 4.69) is 26.9 Å². The van der Waals surface area contributed by atoms with E-state index in [-0.39, 0.29) is 47.6 Å². The van der Waals surface area contributed by atoms with E-state index in [0.29, 0.717) is 41.8 Å². The molecule has 3 aliphatic heterocycles. The summed E-state index contributed by atoms with van der Waals surface area (Å²) in [4.78, 5) is 47.6. The first-order valence-electron chi connectivity index (χ1n) is 19.3. The number of carbonyl (C=O) groups is 3. The molecule has 2 unspecified atom stereocenters. The van der Waals surface area contributed by atoms with Crippen LogP contribution in [0.15, 0.2) is 97.1 Å². The van der Waals surface area contributed by atoms with Gasteiger partial charge in [0.1, 0.15) is 17.3 Å². The van der Waals surface area contributed by atoms with Crippen LogP contribution in [0.1, 0.15) is 83.1 Å². The molecule has 8 rings (SSSR count). The molecule has 3 atom stereocenters. The normalized spacial score (nSPS) is 19.2. The summed E-state index contributed by atoms with van der Waals surface area (Å²) in [7, 11) is 0. The van der Waals surface area contributed by atoms with E-state index in [4.69, 9.17) is 9.72 Å². The van der Waals surface area contributed by atoms with Crippen LogP contribution in [0.5, 0.6) is 11.5 Å². The van der Waals surface area contributed by atoms with Gasteiger partial charge in [0.05, 0.1) is 23.3 Å². The minimum Gasteiger partial charge on any atom is -0.457 e. The average Bonchev–Trinajstić information content (AvgIpc) is 3.52. The maximum Gasteiger partial charge on any atom is 0.416 e. The number of hydrogen-bond acceptors (Lipinski definition) is 7. The third kappa shape index (κ3) is 8.09. The fourth-order valence-electron chi connectivity index (χ4n) is 8.11. The minimum absolute atomic E-state index is 0.00551. The number of nitrogens with one attached hydrogen (secondary N) is 3. The number of anilines is 2. The lowest BCUT2D eigenvalue weighted by Crippen LogP contribution is -2.54. The number of amides is 3. The zero-order valence-corrected chi connectivity index (χ0v) is 31.6. The van der Waals surface area contributed by atoms with E-state index in [1.54, 1.807) is 30.3 Å². The van der Waals surface area contributed by atoms with Crippen LogP contribution in [-0.2, 0) is 17.5 Å². The number of piperidine rings is 2. The van der Waals surface area contributed by atoms with Gasteiger partial charge in [0.15, 0.2) is 0 Å². The lowest BCUT2D eigenvalue weighted by Gasteiger charge is -2.36. The SMILES string of the molecule is CC1NC(=O)CCC1N1Cc2cc(N3CCC(Nc4cccc([C@H](C)NC(=O)c5ccc6c(Oc7ccc(C(F)(F)F)cc7)cccc6c5)n4)CC3)ccc2C1=O. The number of aromatic nitrogens is 1. The lowest BCUT2D eigenvalue weighted by molar-refractivity contribution is -0.137. The average molecular weight is 777 g/mol. The Morgan fingerprint density at radius 2 is 1.70 bits per heavy atom. The van der Waals surface area contributed by atoms with Crippen molar-refractivity contribution in [1.82, 2.24) is 20.5 Å². The van der Waals surface area contributed by atoms with E-state index < -0.39 is 11.7 Å². The van der Waals surface area contributed by atoms with E-state index in [1.165, 1.54) is 12.1 Å². The molecule has 4 aromatic carbocycles. The molecule has 3 aliphatic rings. The summed E-state index contributed by atoms with van der Waals surface area (Å²) < 4.78 is 44.9. The Morgan fingerprint density at radius 3 is 2.46 bits per heavy atom. The zero-order valence-electron chi connectivity index (χ0n) is 31.6. The number of benzene rings is 4. The van der Waals surface area contributed by atoms with Crippen molar-refractivity contribution in [2.75, 3.05) is 23.3 Å². The highest BCUT2D eigenvalue weighted by Gasteiger charge is 2.38. The minimum atomic E-state index is -4.43. The third-order valence-electron chi connectivity index (χ3n) is 11.2. The lowest BCUT2D eigenvalue weighted by atomic mass is 9.98. The number of ether oxygens (including phenoxy) is 1. The van der Waals surface area contributed by atoms with E-state index >= 15 is 0 Å². The van der Waals surface area contributed by atoms with Crippen LogP contribution in [0.4, 0.5) is 24.7 Å². The monoisotopic (exact) mass is 776 g/mol. The van der Waals surface area contributed by atoms with Crippen LogP contribution in [0.3, 0.4) is 0 Å². The first kappa shape index (κ1) is 37.8. The van der Waals surface area contributed by atoms with Gasteiger partial charge in [-0.05, 0) is 123 Å². The number of halogens is 3. The highest BCUT2D eigenvalue weighted by molar-refractivity contribution is 6.00. The second-order valence-electron chi connectivity index (χ2n) is 15.1. The van der Waals surface area contributed by atoms with Crippen molar-refractivity contribution in [3.63, 3.8) is 0 Å². The summed E-state index contributed by atoms with van der Waals surface area (Å²) in [5, 5.41) is 11.1. The van der Waals surface area contributed by atoms with Gasteiger partial charge in [-0.2, -0.15) is 13.2 Å². The van der Waals surface area contributed by atoms with Crippen LogP contribution < -0.4 is 25.6 Å². The molecule has 0 saturated carbocycles. The second kappa shape index (κ2) is 15.4. The number of alkyl halides is 3. The zero-order chi connectivity index (χ0) is 39.8. The standard InChI is InChI=1S/C44H43F3N6O4/c1-26(49-42(55)29-9-15-35-28(23-29)5-3-7-39(35)57-34-13-10-31(11-14-34)44(45,46)47)37-6-4-8-40(51-37)50-32-19-21-52(22-20-32)33-12-16-36-30(24-33)25-53(43(36)56)38-17-18-41(54)48-27(38)2/h3-16,23-24,26-27,32,38H,17-22,25H2,1-2H3,(H,48,54)(H,49,55)(H,50,51)/t26-,27?,38?/m0/s1. The summed E-state index contributed by atoms with van der Waals surface area (Å²) in [6, 6.07) is 26.7. The molecular formula is C44H43F3N6O4. The molecule has 2 fully saturated rings. The number of pyridine rings is 1. The number of nitrogens with zero attached hydrogens (tertiary/aromatic N) is 3. The van der Waals surface area contributed by atoms with Crippen LogP contribution >= 0.6 is 0 Å². The number of rotatable bonds is 9. The Labute approximate surface area is 328 Å². The summed E-state index contributed by atoms with van der Waals surface area (Å²) in [5.41, 5.74) is 3.29. The first-order chi connectivity index (χ1) is 27.4. The van der Waals surface area contributed by atoms with Gasteiger partial charge in [-0.1, -0.05) is 18.2 Å². The van der Waals surface area contributed by atoms with Gasteiger partial charge in [-0.15, -0.1) is 0 Å². The van der Waals surface area contributed by atoms with Gasteiger partial charge >= 0.3 is 6.18 Å². The Kier molecular flexibility index (Phi) is 10.2. The fourth-order valence-corrected chi connectivity index (χ4v) is 8.11. The van der Waals surface area contributed by atoms with Gasteiger partial charge < -0.3 is 30.5 Å². The predicted molar refractivity (Wildman–Crippen MR) is 211 cm³/mol. The van der Waals surface area contributed by atoms with Gasteiger partial charge in [-0.3, -0.25) is 14.4 Å². The van der Waals surface area contributed by atoms with Crippen LogP contribution in [0.2, 0.25) is 0 Å². The van der Waals surface area contributed by atoms with Crippen molar-refractivity contribution >= 4 is 40.0 Å². The molecule has 0 bridgehead atoms. The summed E-state index contributed by atoms with van der Waals surface area (Å²) in [6.45, 7) is 6.10. The Bertz CT molecular complexity index is 2330. The van der Waals surface area contributed by atoms with Crippen molar-refractivity contribution in [3.8, 4) is 11.5 Å². The maximum atomic E-state index is 13.4. The first-order valence-corrected chi connectivity index (χ1v) is 19.3. The van der Waals surface area contributed by atoms with Gasteiger partial charge in [0.25, 0.3) is 11.8 Å². The number of carbonyl (C=O) groups excluding carboxylic acids is 3. The molecule has 3 N–H and O–H groups in total. The third-order valence-corrected chi connectivity index (χ3v) is 11.2. The Morgan fingerprint density at radius 1 is 0.930 bits per heavy atom. The van der Waals surface area contributed by atoms with Crippen molar-refractivity contribution in [2.24, 2.45) is 0 Å². The van der Waals surface area contributed by atoms with Crippen LogP contribution in [-0.4, -0.2) is 58.8 Å². The molecule has 0 aliphatic carbocycles. The predicted octanol–water partition coefficient (Wildman–Crippen LogP) is 8.24. The molecule has 2 saturated heterocycles. The van der Waals surface area contributed by atoms with E-state index in [9.17, 15) is 27.6 Å². The van der Waals surface area contributed by atoms with E-state index in [1.807, 2.05) is 55.1 Å². The highest BCUT2D eigenvalue weighted by atomic mass is 19.4. The topological polar surface area (TPSA) is 116 Å². The summed E-state index contributed by atoms with van der Waals surface area (Å²) in [6.07, 6.45) is -1.51. The van der Waals surface area contributed by atoms with Gasteiger partial charge in [0.2, 0.25) is 5.91 Å². The highest BCUT2D eigenvalue weighted by Crippen LogP contribution is 2.35. The molecule has 294 valence electrons. The molecule has 1 aromatic heterocycles. The largest absolute Gasteiger partial charge is 0.457 e. The molecule has 3 amide bonds. The van der Waals surface area contributed by atoms with Crippen LogP contribution in [0.25, 0.3) is 10.8 Å². The molecule has 0 radical (unpaired) electrons. The molecule has 13 heteroatoms. The van der Waals surface area contributed by atoms with Gasteiger partial charge in [-0.25, -0.2) is 4.98 Å². The molecular weight excluding hydrogens is 734 g/mol. The summed E-state index contributed by atoms with van der Waals surface area (Å²) >= 11 is 0. The Balaban J connectivity index is 0.851. The summed E-state index contributed by atoms with van der Waals surface area (Å²) in [5.74, 6) is 1.27. The second-order valence-corrected chi connectivity index (χ2v) is 15.1. The van der Waals surface area contributed by atoms with Crippen molar-refractivity contribution in [2.45, 2.75) is 76.4 Å². The smallest absolute Gasteiger partial charge is 0.416 e. The van der Waals surface area contributed by atoms with E-state index in [0.717, 1.165) is 66.1 Å². The molecule has 0 spiro atoms. The number of hydrogen-bond donors (Lipinski definition) is 3. The molecule has 57 heavy (non-hydrogen) atoms. The molecule has 10 nitrogen and oxygen atoms in total. The maximum absolute atomic E-state index is 13.4. The van der Waals surface area contributed by atoms with Gasteiger partial charge in [0, 0.05) is 60.3 Å². The van der Waals surface area contributed by atoms with Crippen LogP contribution in [0, 0.1) is 0 Å². The van der Waals surface area contributed by atoms with Crippen molar-refractivity contribution < 1.29 is 32.3 Å². The van der Waals surface area contributed by atoms with Crippen molar-refractivity contribution in [1.29, 1.82) is 0 Å². The molecule has 5 aromatic rings. The quantitative estimate of drug-likeness (QED) is 0.138. The number of fused-ring (bicyclic) bond motifs is 2. The Hall–Kier alpha value is -6.11.